The standard InChI is InChI=1S/C21H17ClF2N4.C11H23N/c1-2-5-25-14-7-13-6-12(3-4-19(13)26-10-14)20-21(28-11-27-20)15-8-16(22)18(24)9-17(15)23;1-9(2)12-7-5-10(3)11(4)6-8-12/h3-4,6-11,25H,2,5H2,1H3,(H,27,28);9-11H,5-8H2,1-4H3. The van der Waals surface area contributed by atoms with Crippen LogP contribution in [0.15, 0.2) is 48.9 Å². The second-order valence-electron chi connectivity index (χ2n) is 11.1. The fourth-order valence-electron chi connectivity index (χ4n) is 5.01. The van der Waals surface area contributed by atoms with E-state index < -0.39 is 11.6 Å². The van der Waals surface area contributed by atoms with Crippen LogP contribution in [0.5, 0.6) is 0 Å². The third-order valence-corrected chi connectivity index (χ3v) is 8.19. The second-order valence-corrected chi connectivity index (χ2v) is 11.5. The normalized spacial score (nSPS) is 17.9. The van der Waals surface area contributed by atoms with Crippen molar-refractivity contribution in [3.8, 4) is 22.5 Å². The topological polar surface area (TPSA) is 56.8 Å². The van der Waals surface area contributed by atoms with Gasteiger partial charge in [0.1, 0.15) is 11.6 Å². The minimum Gasteiger partial charge on any atom is -0.384 e. The van der Waals surface area contributed by atoms with Gasteiger partial charge < -0.3 is 15.2 Å². The van der Waals surface area contributed by atoms with Crippen molar-refractivity contribution < 1.29 is 8.78 Å². The molecule has 214 valence electrons. The predicted molar refractivity (Wildman–Crippen MR) is 163 cm³/mol. The number of imidazole rings is 1. The van der Waals surface area contributed by atoms with Crippen LogP contribution in [0.25, 0.3) is 33.4 Å². The van der Waals surface area contributed by atoms with Crippen LogP contribution in [0.2, 0.25) is 5.02 Å². The van der Waals surface area contributed by atoms with E-state index in [2.05, 4.69) is 59.8 Å². The molecule has 0 bridgehead atoms. The van der Waals surface area contributed by atoms with Crippen molar-refractivity contribution in [1.29, 1.82) is 0 Å². The fourth-order valence-corrected chi connectivity index (χ4v) is 5.18. The molecule has 2 atom stereocenters. The van der Waals surface area contributed by atoms with E-state index in [9.17, 15) is 8.78 Å². The van der Waals surface area contributed by atoms with Gasteiger partial charge in [0, 0.05) is 35.2 Å². The minimum atomic E-state index is -0.798. The van der Waals surface area contributed by atoms with Crippen molar-refractivity contribution in [3.63, 3.8) is 0 Å². The maximum atomic E-state index is 14.3. The molecule has 1 fully saturated rings. The van der Waals surface area contributed by atoms with Gasteiger partial charge in [-0.1, -0.05) is 38.4 Å². The number of halogens is 3. The molecule has 0 amide bonds. The van der Waals surface area contributed by atoms with Crippen molar-refractivity contribution in [3.05, 3.63) is 65.6 Å². The second kappa shape index (κ2) is 13.6. The van der Waals surface area contributed by atoms with Crippen LogP contribution < -0.4 is 5.32 Å². The smallest absolute Gasteiger partial charge is 0.144 e. The van der Waals surface area contributed by atoms with Crippen LogP contribution in [0, 0.1) is 23.5 Å². The molecular weight excluding hydrogens is 528 g/mol. The number of pyridine rings is 1. The molecule has 3 heterocycles. The summed E-state index contributed by atoms with van der Waals surface area (Å²) < 4.78 is 27.9. The van der Waals surface area contributed by atoms with Gasteiger partial charge in [-0.25, -0.2) is 13.8 Å². The van der Waals surface area contributed by atoms with Crippen molar-refractivity contribution in [2.24, 2.45) is 11.8 Å². The lowest BCUT2D eigenvalue weighted by Gasteiger charge is -2.24. The fraction of sp³-hybridized carbons (Fsp3) is 0.438. The van der Waals surface area contributed by atoms with E-state index in [1.54, 1.807) is 6.20 Å². The molecule has 4 aromatic rings. The highest BCUT2D eigenvalue weighted by Crippen LogP contribution is 2.34. The van der Waals surface area contributed by atoms with Crippen molar-refractivity contribution in [1.82, 2.24) is 19.9 Å². The number of likely N-dealkylation sites (tertiary alicyclic amines) is 1. The Morgan fingerprint density at radius 1 is 1.02 bits per heavy atom. The third kappa shape index (κ3) is 7.18. The first-order valence-electron chi connectivity index (χ1n) is 14.2. The molecule has 0 spiro atoms. The Balaban J connectivity index is 0.000000259. The highest BCUT2D eigenvalue weighted by atomic mass is 35.5. The summed E-state index contributed by atoms with van der Waals surface area (Å²) in [5, 5.41) is 4.10. The monoisotopic (exact) mass is 567 g/mol. The molecule has 0 saturated carbocycles. The molecule has 0 radical (unpaired) electrons. The van der Waals surface area contributed by atoms with Gasteiger partial charge in [-0.2, -0.15) is 0 Å². The molecule has 40 heavy (non-hydrogen) atoms. The molecule has 2 unspecified atom stereocenters. The molecule has 1 aliphatic heterocycles. The van der Waals surface area contributed by atoms with Crippen LogP contribution in [-0.4, -0.2) is 45.5 Å². The van der Waals surface area contributed by atoms with E-state index in [4.69, 9.17) is 11.6 Å². The number of hydrogen-bond donors (Lipinski definition) is 2. The maximum absolute atomic E-state index is 14.3. The number of nitrogens with zero attached hydrogens (tertiary/aromatic N) is 3. The summed E-state index contributed by atoms with van der Waals surface area (Å²) in [6.07, 6.45) is 7.07. The summed E-state index contributed by atoms with van der Waals surface area (Å²) in [4.78, 5) is 14.3. The highest BCUT2D eigenvalue weighted by molar-refractivity contribution is 6.31. The lowest BCUT2D eigenvalue weighted by Crippen LogP contribution is -2.31. The van der Waals surface area contributed by atoms with Gasteiger partial charge in [0.2, 0.25) is 0 Å². The Hall–Kier alpha value is -3.03. The Kier molecular flexibility index (Phi) is 10.1. The van der Waals surface area contributed by atoms with E-state index in [1.165, 1.54) is 38.3 Å². The van der Waals surface area contributed by atoms with E-state index in [0.29, 0.717) is 11.4 Å². The number of nitrogens with one attached hydrogen (secondary N) is 2. The van der Waals surface area contributed by atoms with Gasteiger partial charge in [0.25, 0.3) is 0 Å². The minimum absolute atomic E-state index is 0.147. The SMILES string of the molecule is CC1CCN(C(C)C)CCC1C.CCCNc1cnc2ccc(-c3nc[nH]c3-c3cc(Cl)c(F)cc3F)cc2c1. The van der Waals surface area contributed by atoms with Crippen LogP contribution in [0.3, 0.4) is 0 Å². The molecule has 2 N–H and O–H groups in total. The molecule has 0 aliphatic carbocycles. The molecule has 5 nitrogen and oxygen atoms in total. The summed E-state index contributed by atoms with van der Waals surface area (Å²) in [6.45, 7) is 15.0. The van der Waals surface area contributed by atoms with Gasteiger partial charge in [0.15, 0.2) is 0 Å². The zero-order valence-electron chi connectivity index (χ0n) is 24.1. The first kappa shape index (κ1) is 29.9. The Labute approximate surface area is 241 Å². The van der Waals surface area contributed by atoms with E-state index in [0.717, 1.165) is 59.1 Å². The molecule has 2 aromatic heterocycles. The van der Waals surface area contributed by atoms with E-state index in [1.807, 2.05) is 24.3 Å². The zero-order chi connectivity index (χ0) is 28.8. The third-order valence-electron chi connectivity index (χ3n) is 7.90. The van der Waals surface area contributed by atoms with Crippen molar-refractivity contribution >= 4 is 28.2 Å². The van der Waals surface area contributed by atoms with Crippen LogP contribution in [0.1, 0.15) is 53.9 Å². The predicted octanol–water partition coefficient (Wildman–Crippen LogP) is 8.81. The Morgan fingerprint density at radius 2 is 1.75 bits per heavy atom. The molecule has 1 aliphatic rings. The lowest BCUT2D eigenvalue weighted by atomic mass is 9.92. The number of fused-ring (bicyclic) bond motifs is 1. The van der Waals surface area contributed by atoms with Crippen molar-refractivity contribution in [2.75, 3.05) is 25.0 Å². The first-order chi connectivity index (χ1) is 19.2. The van der Waals surface area contributed by atoms with Gasteiger partial charge in [-0.3, -0.25) is 4.98 Å². The number of benzene rings is 2. The molecule has 2 aromatic carbocycles. The van der Waals surface area contributed by atoms with Gasteiger partial charge in [-0.15, -0.1) is 0 Å². The van der Waals surface area contributed by atoms with E-state index in [-0.39, 0.29) is 10.6 Å². The average Bonchev–Trinajstić information content (AvgIpc) is 3.36. The van der Waals surface area contributed by atoms with E-state index >= 15 is 0 Å². The van der Waals surface area contributed by atoms with Crippen LogP contribution in [0.4, 0.5) is 14.5 Å². The summed E-state index contributed by atoms with van der Waals surface area (Å²) in [5.74, 6) is 0.344. The van der Waals surface area contributed by atoms with Crippen LogP contribution in [-0.2, 0) is 0 Å². The number of aromatic nitrogens is 3. The number of aromatic amines is 1. The summed E-state index contributed by atoms with van der Waals surface area (Å²) >= 11 is 5.85. The summed E-state index contributed by atoms with van der Waals surface area (Å²) in [5.41, 5.74) is 3.72. The number of hydrogen-bond acceptors (Lipinski definition) is 4. The summed E-state index contributed by atoms with van der Waals surface area (Å²) in [7, 11) is 0. The van der Waals surface area contributed by atoms with Gasteiger partial charge in [-0.05, 0) is 82.3 Å². The van der Waals surface area contributed by atoms with Gasteiger partial charge in [0.05, 0.1) is 40.1 Å². The average molecular weight is 568 g/mol. The Morgan fingerprint density at radius 3 is 2.42 bits per heavy atom. The van der Waals surface area contributed by atoms with Crippen molar-refractivity contribution in [2.45, 2.75) is 59.9 Å². The first-order valence-corrected chi connectivity index (χ1v) is 14.6. The number of H-pyrrole nitrogens is 1. The maximum Gasteiger partial charge on any atom is 0.144 e. The molecular formula is C32H40ClF2N5. The Bertz CT molecular complexity index is 1410. The molecule has 1 saturated heterocycles. The molecule has 5 rings (SSSR count). The summed E-state index contributed by atoms with van der Waals surface area (Å²) in [6, 6.07) is 10.5. The van der Waals surface area contributed by atoms with Crippen LogP contribution >= 0.6 is 11.6 Å². The van der Waals surface area contributed by atoms with Gasteiger partial charge >= 0.3 is 0 Å². The zero-order valence-corrected chi connectivity index (χ0v) is 24.8. The highest BCUT2D eigenvalue weighted by Gasteiger charge is 2.21. The lowest BCUT2D eigenvalue weighted by molar-refractivity contribution is 0.227. The number of anilines is 1. The quantitative estimate of drug-likeness (QED) is 0.229. The number of rotatable bonds is 6. The molecule has 8 heteroatoms. The largest absolute Gasteiger partial charge is 0.384 e.